The van der Waals surface area contributed by atoms with E-state index in [-0.39, 0.29) is 12.0 Å². The largest absolute Gasteiger partial charge is 0.481 e. The number of alkyl halides is 3. The Bertz CT molecular complexity index is 851. The molecule has 2 aliphatic rings. The van der Waals surface area contributed by atoms with Crippen LogP contribution in [-0.4, -0.2) is 30.2 Å². The van der Waals surface area contributed by atoms with Gasteiger partial charge in [0.25, 0.3) is 0 Å². The number of nitrogens with zero attached hydrogens (tertiary/aromatic N) is 2. The molecule has 1 saturated heterocycles. The average molecular weight is 376 g/mol. The molecule has 4 nitrogen and oxygen atoms in total. The van der Waals surface area contributed by atoms with E-state index < -0.39 is 17.7 Å². The summed E-state index contributed by atoms with van der Waals surface area (Å²) in [6, 6.07) is 12.9. The van der Waals surface area contributed by atoms with Crippen molar-refractivity contribution in [1.29, 1.82) is 0 Å². The number of para-hydroxylation sites is 2. The first-order valence-corrected chi connectivity index (χ1v) is 8.88. The van der Waals surface area contributed by atoms with E-state index in [9.17, 15) is 23.1 Å². The van der Waals surface area contributed by atoms with Crippen LogP contribution in [-0.2, 0) is 11.0 Å². The fourth-order valence-electron chi connectivity index (χ4n) is 4.08. The van der Waals surface area contributed by atoms with Crippen LogP contribution in [0.1, 0.15) is 18.4 Å². The van der Waals surface area contributed by atoms with Crippen LogP contribution in [0.15, 0.2) is 48.5 Å². The normalized spacial score (nSPS) is 22.2. The maximum absolute atomic E-state index is 12.9. The number of hydrogen-bond acceptors (Lipinski definition) is 3. The Balaban J connectivity index is 1.69. The Morgan fingerprint density at radius 2 is 1.70 bits per heavy atom. The molecule has 2 atom stereocenters. The molecule has 0 bridgehead atoms. The van der Waals surface area contributed by atoms with Crippen molar-refractivity contribution in [3.63, 3.8) is 0 Å². The summed E-state index contributed by atoms with van der Waals surface area (Å²) in [4.78, 5) is 15.6. The smallest absolute Gasteiger partial charge is 0.416 e. The van der Waals surface area contributed by atoms with Crippen molar-refractivity contribution < 1.29 is 23.1 Å². The molecule has 2 heterocycles. The molecule has 2 aromatic carbocycles. The number of benzene rings is 2. The Morgan fingerprint density at radius 1 is 1.04 bits per heavy atom. The molecule has 2 aromatic rings. The van der Waals surface area contributed by atoms with Gasteiger partial charge in [-0.1, -0.05) is 12.1 Å². The SMILES string of the molecule is O=C(O)C1CCN2c3ccccc3N(c3ccc(C(F)(F)F)cc3)CC2C1. The van der Waals surface area contributed by atoms with Crippen LogP contribution in [0.2, 0.25) is 0 Å². The Kier molecular flexibility index (Phi) is 4.25. The number of rotatable bonds is 2. The summed E-state index contributed by atoms with van der Waals surface area (Å²) in [5.41, 5.74) is 1.93. The number of fused-ring (bicyclic) bond motifs is 3. The minimum Gasteiger partial charge on any atom is -0.481 e. The Hall–Kier alpha value is -2.70. The fraction of sp³-hybridized carbons (Fsp3) is 0.350. The van der Waals surface area contributed by atoms with Gasteiger partial charge in [0.2, 0.25) is 0 Å². The summed E-state index contributed by atoms with van der Waals surface area (Å²) < 4.78 is 38.6. The molecule has 2 unspecified atom stereocenters. The van der Waals surface area contributed by atoms with Crippen LogP contribution in [0.4, 0.5) is 30.2 Å². The monoisotopic (exact) mass is 376 g/mol. The molecule has 1 N–H and O–H groups in total. The van der Waals surface area contributed by atoms with Gasteiger partial charge in [-0.3, -0.25) is 4.79 Å². The van der Waals surface area contributed by atoms with Gasteiger partial charge >= 0.3 is 12.1 Å². The molecule has 4 rings (SSSR count). The lowest BCUT2D eigenvalue weighted by Gasteiger charge is -2.48. The summed E-state index contributed by atoms with van der Waals surface area (Å²) in [5, 5.41) is 9.37. The van der Waals surface area contributed by atoms with Crippen molar-refractivity contribution in [3.8, 4) is 0 Å². The minimum atomic E-state index is -4.37. The standard InChI is InChI=1S/C20H19F3N2O2/c21-20(22,23)14-5-7-15(8-6-14)25-12-16-11-13(19(26)27)9-10-24(16)17-3-1-2-4-18(17)25/h1-8,13,16H,9-12H2,(H,26,27). The number of aliphatic carboxylic acids is 1. The van der Waals surface area contributed by atoms with Crippen LogP contribution in [0.25, 0.3) is 0 Å². The van der Waals surface area contributed by atoms with E-state index in [4.69, 9.17) is 0 Å². The van der Waals surface area contributed by atoms with E-state index in [1.165, 1.54) is 12.1 Å². The molecule has 7 heteroatoms. The molecule has 0 spiro atoms. The van der Waals surface area contributed by atoms with Gasteiger partial charge in [-0.15, -0.1) is 0 Å². The highest BCUT2D eigenvalue weighted by molar-refractivity contribution is 5.81. The van der Waals surface area contributed by atoms with Gasteiger partial charge in [0.05, 0.1) is 22.9 Å². The second-order valence-corrected chi connectivity index (χ2v) is 7.05. The predicted octanol–water partition coefficient (Wildman–Crippen LogP) is 4.53. The molecule has 27 heavy (non-hydrogen) atoms. The summed E-state index contributed by atoms with van der Waals surface area (Å²) >= 11 is 0. The Labute approximate surface area is 154 Å². The van der Waals surface area contributed by atoms with Crippen molar-refractivity contribution in [1.82, 2.24) is 0 Å². The van der Waals surface area contributed by atoms with Gasteiger partial charge in [0.1, 0.15) is 0 Å². The molecular formula is C20H19F3N2O2. The highest BCUT2D eigenvalue weighted by Crippen LogP contribution is 2.43. The zero-order valence-electron chi connectivity index (χ0n) is 14.5. The highest BCUT2D eigenvalue weighted by Gasteiger charge is 2.38. The zero-order valence-corrected chi connectivity index (χ0v) is 14.5. The van der Waals surface area contributed by atoms with Gasteiger partial charge in [0, 0.05) is 24.8 Å². The topological polar surface area (TPSA) is 43.8 Å². The third kappa shape index (κ3) is 3.22. The molecule has 0 saturated carbocycles. The van der Waals surface area contributed by atoms with Gasteiger partial charge in [-0.05, 0) is 49.2 Å². The van der Waals surface area contributed by atoms with Crippen molar-refractivity contribution in [2.45, 2.75) is 25.1 Å². The van der Waals surface area contributed by atoms with Crippen molar-refractivity contribution in [3.05, 3.63) is 54.1 Å². The minimum absolute atomic E-state index is 0.0112. The predicted molar refractivity (Wildman–Crippen MR) is 96.4 cm³/mol. The van der Waals surface area contributed by atoms with Crippen LogP contribution in [0, 0.1) is 5.92 Å². The van der Waals surface area contributed by atoms with Crippen molar-refractivity contribution in [2.75, 3.05) is 22.9 Å². The van der Waals surface area contributed by atoms with Crippen molar-refractivity contribution >= 4 is 23.0 Å². The van der Waals surface area contributed by atoms with Crippen LogP contribution < -0.4 is 9.80 Å². The first-order chi connectivity index (χ1) is 12.8. The van der Waals surface area contributed by atoms with E-state index in [2.05, 4.69) is 4.90 Å². The van der Waals surface area contributed by atoms with E-state index >= 15 is 0 Å². The third-order valence-corrected chi connectivity index (χ3v) is 5.45. The lowest BCUT2D eigenvalue weighted by atomic mass is 9.88. The highest BCUT2D eigenvalue weighted by atomic mass is 19.4. The number of anilines is 3. The van der Waals surface area contributed by atoms with Crippen molar-refractivity contribution in [2.24, 2.45) is 5.92 Å². The third-order valence-electron chi connectivity index (χ3n) is 5.45. The van der Waals surface area contributed by atoms with Gasteiger partial charge in [-0.25, -0.2) is 0 Å². The summed E-state index contributed by atoms with van der Waals surface area (Å²) in [6.45, 7) is 1.21. The second kappa shape index (κ2) is 6.48. The number of carboxylic acids is 1. The average Bonchev–Trinajstić information content (AvgIpc) is 2.66. The maximum Gasteiger partial charge on any atom is 0.416 e. The molecule has 0 aliphatic carbocycles. The lowest BCUT2D eigenvalue weighted by Crippen LogP contribution is -2.52. The number of carbonyl (C=O) groups is 1. The summed E-state index contributed by atoms with van der Waals surface area (Å²) in [7, 11) is 0. The van der Waals surface area contributed by atoms with Gasteiger partial charge in [-0.2, -0.15) is 13.2 Å². The van der Waals surface area contributed by atoms with Crippen LogP contribution in [0.5, 0.6) is 0 Å². The first-order valence-electron chi connectivity index (χ1n) is 8.88. The maximum atomic E-state index is 12.9. The van der Waals surface area contributed by atoms with Crippen LogP contribution in [0.3, 0.4) is 0 Å². The summed E-state index contributed by atoms with van der Waals surface area (Å²) in [6.07, 6.45) is -3.24. The van der Waals surface area contributed by atoms with E-state index in [0.29, 0.717) is 31.6 Å². The zero-order chi connectivity index (χ0) is 19.2. The second-order valence-electron chi connectivity index (χ2n) is 7.05. The molecule has 0 aromatic heterocycles. The van der Waals surface area contributed by atoms with Gasteiger partial charge in [0.15, 0.2) is 0 Å². The molecule has 142 valence electrons. The number of piperidine rings is 1. The van der Waals surface area contributed by atoms with E-state index in [0.717, 1.165) is 23.5 Å². The molecule has 0 radical (unpaired) electrons. The fourth-order valence-corrected chi connectivity index (χ4v) is 4.08. The number of hydrogen-bond donors (Lipinski definition) is 1. The molecule has 0 amide bonds. The Morgan fingerprint density at radius 3 is 2.33 bits per heavy atom. The summed E-state index contributed by atoms with van der Waals surface area (Å²) in [5.74, 6) is -1.17. The quantitative estimate of drug-likeness (QED) is 0.837. The first kappa shape index (κ1) is 17.7. The molecule has 2 aliphatic heterocycles. The molecule has 1 fully saturated rings. The van der Waals surface area contributed by atoms with E-state index in [1.807, 2.05) is 29.2 Å². The van der Waals surface area contributed by atoms with E-state index in [1.54, 1.807) is 0 Å². The molecular weight excluding hydrogens is 357 g/mol. The lowest BCUT2D eigenvalue weighted by molar-refractivity contribution is -0.142. The van der Waals surface area contributed by atoms with Gasteiger partial charge < -0.3 is 14.9 Å². The van der Waals surface area contributed by atoms with Crippen LogP contribution >= 0.6 is 0 Å². The number of halogens is 3. The number of carboxylic acid groups (broad SMARTS) is 1.